The summed E-state index contributed by atoms with van der Waals surface area (Å²) in [6.07, 6.45) is 3.60. The summed E-state index contributed by atoms with van der Waals surface area (Å²) in [5.74, 6) is 0.871. The molecule has 26 heavy (non-hydrogen) atoms. The average molecular weight is 348 g/mol. The lowest BCUT2D eigenvalue weighted by Gasteiger charge is -2.46. The minimum Gasteiger partial charge on any atom is -0.317 e. The summed E-state index contributed by atoms with van der Waals surface area (Å²) < 4.78 is 1.71. The number of nitrogens with one attached hydrogen (secondary N) is 1. The molecule has 7 nitrogen and oxygen atoms in total. The number of hydrogen-bond acceptors (Lipinski definition) is 4. The van der Waals surface area contributed by atoms with Crippen LogP contribution in [0.25, 0.3) is 11.3 Å². The Kier molecular flexibility index (Phi) is 4.12. The van der Waals surface area contributed by atoms with Crippen LogP contribution in [0, 0.1) is 5.92 Å². The number of anilines is 1. The van der Waals surface area contributed by atoms with Crippen molar-refractivity contribution in [1.29, 1.82) is 0 Å². The third kappa shape index (κ3) is 3.03. The lowest BCUT2D eigenvalue weighted by molar-refractivity contribution is 0.0670. The lowest BCUT2D eigenvalue weighted by atomic mass is 9.85. The first-order valence-electron chi connectivity index (χ1n) is 8.57. The monoisotopic (exact) mass is 348 g/mol. The molecule has 1 fully saturated rings. The van der Waals surface area contributed by atoms with Crippen molar-refractivity contribution in [2.45, 2.75) is 13.0 Å². The minimum atomic E-state index is -0.152. The first-order valence-corrected chi connectivity index (χ1v) is 8.57. The van der Waals surface area contributed by atoms with E-state index in [4.69, 9.17) is 0 Å². The van der Waals surface area contributed by atoms with E-state index in [0.29, 0.717) is 11.7 Å². The van der Waals surface area contributed by atoms with Crippen LogP contribution in [0.15, 0.2) is 54.9 Å². The van der Waals surface area contributed by atoms with Gasteiger partial charge in [-0.15, -0.1) is 10.2 Å². The van der Waals surface area contributed by atoms with Crippen LogP contribution in [-0.4, -0.2) is 37.5 Å². The molecule has 0 unspecified atom stereocenters. The molecule has 132 valence electrons. The zero-order valence-electron chi connectivity index (χ0n) is 14.7. The number of carbonyl (C=O) groups is 1. The highest BCUT2D eigenvalue weighted by Gasteiger charge is 2.40. The lowest BCUT2D eigenvalue weighted by Crippen LogP contribution is -2.53. The van der Waals surface area contributed by atoms with Crippen LogP contribution in [0.5, 0.6) is 0 Å². The fourth-order valence-corrected chi connectivity index (χ4v) is 3.35. The van der Waals surface area contributed by atoms with E-state index in [9.17, 15) is 4.79 Å². The molecule has 2 atom stereocenters. The molecule has 7 heteroatoms. The third-order valence-electron chi connectivity index (χ3n) is 4.66. The molecule has 1 aromatic carbocycles. The molecular weight excluding hydrogens is 328 g/mol. The Balaban J connectivity index is 1.45. The molecule has 1 saturated heterocycles. The summed E-state index contributed by atoms with van der Waals surface area (Å²) in [5, 5.41) is 15.3. The smallest absolute Gasteiger partial charge is 0.317 e. The average Bonchev–Trinajstić information content (AvgIpc) is 3.07. The number of nitrogens with zero attached hydrogens (tertiary/aromatic N) is 5. The first-order chi connectivity index (χ1) is 12.6. The van der Waals surface area contributed by atoms with Crippen molar-refractivity contribution < 1.29 is 4.79 Å². The summed E-state index contributed by atoms with van der Waals surface area (Å²) >= 11 is 0. The van der Waals surface area contributed by atoms with Gasteiger partial charge in [0, 0.05) is 25.4 Å². The Bertz CT molecular complexity index is 905. The van der Waals surface area contributed by atoms with Gasteiger partial charge in [0.25, 0.3) is 0 Å². The largest absolute Gasteiger partial charge is 0.323 e. The molecule has 0 saturated carbocycles. The number of carbonyl (C=O) groups excluding carboxylic acids is 1. The van der Waals surface area contributed by atoms with Crippen molar-refractivity contribution in [2.75, 3.05) is 11.9 Å². The number of benzene rings is 1. The molecule has 0 aliphatic carbocycles. The SMILES string of the molecule is C[C@@H]1CN(C(=O)Nc2ccc(-c3cnn(C)c3)nn2)[C@H]1c1ccccc1. The highest BCUT2D eigenvalue weighted by Crippen LogP contribution is 2.38. The maximum absolute atomic E-state index is 12.6. The summed E-state index contributed by atoms with van der Waals surface area (Å²) in [5.41, 5.74) is 2.76. The van der Waals surface area contributed by atoms with Gasteiger partial charge in [0.15, 0.2) is 5.82 Å². The van der Waals surface area contributed by atoms with Gasteiger partial charge in [0.1, 0.15) is 0 Å². The second-order valence-corrected chi connectivity index (χ2v) is 6.62. The molecule has 0 radical (unpaired) electrons. The standard InChI is InChI=1S/C19H20N6O/c1-13-11-25(18(13)14-6-4-3-5-7-14)19(26)21-17-9-8-16(22-23-17)15-10-20-24(2)12-15/h3-10,12-13,18H,11H2,1-2H3,(H,21,23,26)/t13-,18-/m1/s1. The maximum atomic E-state index is 12.6. The molecule has 1 aliphatic rings. The predicted molar refractivity (Wildman–Crippen MR) is 98.3 cm³/mol. The van der Waals surface area contributed by atoms with E-state index in [-0.39, 0.29) is 12.1 Å². The summed E-state index contributed by atoms with van der Waals surface area (Å²) in [6, 6.07) is 13.6. The number of amides is 2. The van der Waals surface area contributed by atoms with Crippen LogP contribution in [0.4, 0.5) is 10.6 Å². The van der Waals surface area contributed by atoms with Crippen molar-refractivity contribution in [1.82, 2.24) is 24.9 Å². The number of likely N-dealkylation sites (tertiary alicyclic amines) is 1. The normalized spacial score (nSPS) is 19.1. The van der Waals surface area contributed by atoms with Crippen LogP contribution < -0.4 is 5.32 Å². The highest BCUT2D eigenvalue weighted by atomic mass is 16.2. The van der Waals surface area contributed by atoms with Crippen molar-refractivity contribution >= 4 is 11.8 Å². The second-order valence-electron chi connectivity index (χ2n) is 6.62. The number of aryl methyl sites for hydroxylation is 1. The van der Waals surface area contributed by atoms with Crippen LogP contribution >= 0.6 is 0 Å². The van der Waals surface area contributed by atoms with Gasteiger partial charge in [0.05, 0.1) is 17.9 Å². The van der Waals surface area contributed by atoms with Crippen LogP contribution in [0.1, 0.15) is 18.5 Å². The molecule has 1 aliphatic heterocycles. The number of hydrogen-bond donors (Lipinski definition) is 1. The molecule has 2 amide bonds. The van der Waals surface area contributed by atoms with Gasteiger partial charge in [0.2, 0.25) is 0 Å². The van der Waals surface area contributed by atoms with E-state index < -0.39 is 0 Å². The van der Waals surface area contributed by atoms with E-state index in [2.05, 4.69) is 39.7 Å². The maximum Gasteiger partial charge on any atom is 0.323 e. The Morgan fingerprint density at radius 1 is 1.15 bits per heavy atom. The van der Waals surface area contributed by atoms with Gasteiger partial charge in [-0.1, -0.05) is 37.3 Å². The molecular formula is C19H20N6O. The Morgan fingerprint density at radius 3 is 2.58 bits per heavy atom. The number of urea groups is 1. The van der Waals surface area contributed by atoms with Crippen LogP contribution in [-0.2, 0) is 7.05 Å². The Labute approximate surface area is 151 Å². The van der Waals surface area contributed by atoms with Crippen molar-refractivity contribution in [2.24, 2.45) is 13.0 Å². The molecule has 4 rings (SSSR count). The summed E-state index contributed by atoms with van der Waals surface area (Å²) in [7, 11) is 1.85. The van der Waals surface area contributed by atoms with Crippen molar-refractivity contribution in [3.63, 3.8) is 0 Å². The molecule has 0 spiro atoms. The topological polar surface area (TPSA) is 75.9 Å². The zero-order valence-corrected chi connectivity index (χ0v) is 14.7. The highest BCUT2D eigenvalue weighted by molar-refractivity contribution is 5.89. The second kappa shape index (κ2) is 6.59. The summed E-state index contributed by atoms with van der Waals surface area (Å²) in [6.45, 7) is 2.89. The fraction of sp³-hybridized carbons (Fsp3) is 0.263. The molecule has 3 aromatic rings. The van der Waals surface area contributed by atoms with Gasteiger partial charge in [-0.25, -0.2) is 4.79 Å². The van der Waals surface area contributed by atoms with Crippen LogP contribution in [0.2, 0.25) is 0 Å². The van der Waals surface area contributed by atoms with Gasteiger partial charge in [-0.3, -0.25) is 10.00 Å². The predicted octanol–water partition coefficient (Wildman–Crippen LogP) is 3.10. The minimum absolute atomic E-state index is 0.0961. The fourth-order valence-electron chi connectivity index (χ4n) is 3.35. The summed E-state index contributed by atoms with van der Waals surface area (Å²) in [4.78, 5) is 14.4. The van der Waals surface area contributed by atoms with E-state index in [1.165, 1.54) is 0 Å². The van der Waals surface area contributed by atoms with Crippen molar-refractivity contribution in [3.8, 4) is 11.3 Å². The first kappa shape index (κ1) is 16.3. The van der Waals surface area contributed by atoms with E-state index >= 15 is 0 Å². The Morgan fingerprint density at radius 2 is 1.96 bits per heavy atom. The zero-order chi connectivity index (χ0) is 18.1. The van der Waals surface area contributed by atoms with Crippen LogP contribution in [0.3, 0.4) is 0 Å². The Hall–Kier alpha value is -3.22. The molecule has 2 aromatic heterocycles. The van der Waals surface area contributed by atoms with Gasteiger partial charge < -0.3 is 4.90 Å². The van der Waals surface area contributed by atoms with Gasteiger partial charge in [-0.05, 0) is 23.6 Å². The van der Waals surface area contributed by atoms with E-state index in [1.54, 1.807) is 16.9 Å². The molecule has 3 heterocycles. The van der Waals surface area contributed by atoms with Gasteiger partial charge >= 0.3 is 6.03 Å². The van der Waals surface area contributed by atoms with Gasteiger partial charge in [-0.2, -0.15) is 5.10 Å². The molecule has 1 N–H and O–H groups in total. The van der Waals surface area contributed by atoms with E-state index in [1.807, 2.05) is 42.4 Å². The molecule has 0 bridgehead atoms. The number of aromatic nitrogens is 4. The van der Waals surface area contributed by atoms with E-state index in [0.717, 1.165) is 23.4 Å². The van der Waals surface area contributed by atoms with Crippen molar-refractivity contribution in [3.05, 3.63) is 60.4 Å². The number of rotatable bonds is 3. The third-order valence-corrected chi connectivity index (χ3v) is 4.66. The quantitative estimate of drug-likeness (QED) is 0.789.